The minimum atomic E-state index is -0.806. The van der Waals surface area contributed by atoms with Crippen LogP contribution in [0, 0.1) is 11.3 Å². The number of nitrogens with one attached hydrogen (secondary N) is 1. The Morgan fingerprint density at radius 2 is 1.93 bits per heavy atom. The summed E-state index contributed by atoms with van der Waals surface area (Å²) in [5.74, 6) is 1.37. The Morgan fingerprint density at radius 3 is 2.50 bits per heavy atom. The second-order valence-corrected chi connectivity index (χ2v) is 10.3. The highest BCUT2D eigenvalue weighted by molar-refractivity contribution is 7.80. The molecular weight excluding hydrogens is 396 g/mol. The lowest BCUT2D eigenvalue weighted by molar-refractivity contribution is -0.139. The van der Waals surface area contributed by atoms with Gasteiger partial charge in [0.1, 0.15) is 5.75 Å². The molecule has 1 unspecified atom stereocenters. The van der Waals surface area contributed by atoms with Crippen molar-refractivity contribution >= 4 is 23.2 Å². The normalized spacial score (nSPS) is 30.6. The van der Waals surface area contributed by atoms with Gasteiger partial charge in [-0.05, 0) is 87.3 Å². The van der Waals surface area contributed by atoms with E-state index in [1.807, 2.05) is 19.9 Å². The van der Waals surface area contributed by atoms with Gasteiger partial charge in [-0.1, -0.05) is 19.9 Å². The van der Waals surface area contributed by atoms with Crippen molar-refractivity contribution in [2.24, 2.45) is 11.3 Å². The summed E-state index contributed by atoms with van der Waals surface area (Å²) >= 11 is 5.69. The van der Waals surface area contributed by atoms with Crippen molar-refractivity contribution in [2.45, 2.75) is 77.5 Å². The number of carbonyl (C=O) groups excluding carboxylic acids is 1. The van der Waals surface area contributed by atoms with E-state index in [4.69, 9.17) is 21.7 Å². The molecule has 1 N–H and O–H groups in total. The molecule has 1 aromatic rings. The number of carbonyl (C=O) groups is 1. The maximum atomic E-state index is 14.0. The van der Waals surface area contributed by atoms with Gasteiger partial charge in [0.25, 0.3) is 5.91 Å². The number of benzene rings is 1. The molecule has 1 aromatic carbocycles. The Bertz CT molecular complexity index is 845. The molecular formula is C24H34N2O3S. The Kier molecular flexibility index (Phi) is 5.60. The number of amides is 1. The summed E-state index contributed by atoms with van der Waals surface area (Å²) in [6.07, 6.45) is 4.96. The van der Waals surface area contributed by atoms with Crippen molar-refractivity contribution < 1.29 is 14.3 Å². The molecule has 1 amide bonds. The van der Waals surface area contributed by atoms with E-state index < -0.39 is 5.54 Å². The van der Waals surface area contributed by atoms with Crippen molar-refractivity contribution in [1.82, 2.24) is 10.2 Å². The van der Waals surface area contributed by atoms with Crippen LogP contribution in [0.25, 0.3) is 0 Å². The van der Waals surface area contributed by atoms with Gasteiger partial charge in [-0.2, -0.15) is 0 Å². The van der Waals surface area contributed by atoms with E-state index in [0.29, 0.717) is 17.6 Å². The van der Waals surface area contributed by atoms with Gasteiger partial charge in [-0.25, -0.2) is 0 Å². The van der Waals surface area contributed by atoms with Crippen LogP contribution in [0.5, 0.6) is 5.75 Å². The van der Waals surface area contributed by atoms with Crippen LogP contribution in [-0.2, 0) is 21.5 Å². The number of hydrogen-bond acceptors (Lipinski definition) is 4. The number of fused-ring (bicyclic) bond motifs is 3. The molecule has 2 aliphatic carbocycles. The molecule has 1 saturated carbocycles. The molecule has 1 heterocycles. The standard InChI is InChI=1S/C24H34N2O3S/c1-15(2)14-29-19-7-6-17-13-23(10-8-18(28-5)9-11-23)24(20(17)12-19)21(27)26(16(3)4)22(30)25-24/h6-7,12,15-16,18H,8-11,13-14H2,1-5H3,(H,25,30)/t18-,23-,24?. The van der Waals surface area contributed by atoms with E-state index in [2.05, 4.69) is 31.3 Å². The summed E-state index contributed by atoms with van der Waals surface area (Å²) in [5.41, 5.74) is 1.29. The highest BCUT2D eigenvalue weighted by atomic mass is 32.1. The zero-order valence-electron chi connectivity index (χ0n) is 18.8. The molecule has 5 nitrogen and oxygen atoms in total. The third-order valence-corrected chi connectivity index (χ3v) is 7.48. The van der Waals surface area contributed by atoms with Gasteiger partial charge in [0.05, 0.1) is 12.7 Å². The zero-order chi connectivity index (χ0) is 21.7. The first-order valence-electron chi connectivity index (χ1n) is 11.2. The third kappa shape index (κ3) is 3.14. The summed E-state index contributed by atoms with van der Waals surface area (Å²) in [5, 5.41) is 4.11. The van der Waals surface area contributed by atoms with Gasteiger partial charge in [0.2, 0.25) is 0 Å². The molecule has 2 fully saturated rings. The van der Waals surface area contributed by atoms with Crippen molar-refractivity contribution in [3.05, 3.63) is 29.3 Å². The summed E-state index contributed by atoms with van der Waals surface area (Å²) in [4.78, 5) is 15.8. The highest BCUT2D eigenvalue weighted by Crippen LogP contribution is 2.60. The number of ether oxygens (including phenoxy) is 2. The maximum Gasteiger partial charge on any atom is 0.259 e. The molecule has 1 saturated heterocycles. The van der Waals surface area contributed by atoms with E-state index in [1.165, 1.54) is 5.56 Å². The van der Waals surface area contributed by atoms with E-state index in [1.54, 1.807) is 12.0 Å². The molecule has 30 heavy (non-hydrogen) atoms. The number of methoxy groups -OCH3 is 1. The van der Waals surface area contributed by atoms with E-state index in [-0.39, 0.29) is 23.5 Å². The fourth-order valence-electron chi connectivity index (χ4n) is 5.68. The third-order valence-electron chi connectivity index (χ3n) is 7.19. The lowest BCUT2D eigenvalue weighted by Gasteiger charge is -2.46. The second-order valence-electron chi connectivity index (χ2n) is 9.87. The van der Waals surface area contributed by atoms with Crippen LogP contribution in [0.2, 0.25) is 0 Å². The van der Waals surface area contributed by atoms with Gasteiger partial charge in [-0.3, -0.25) is 9.69 Å². The summed E-state index contributed by atoms with van der Waals surface area (Å²) in [6.45, 7) is 8.98. The first-order valence-corrected chi connectivity index (χ1v) is 11.6. The summed E-state index contributed by atoms with van der Waals surface area (Å²) in [7, 11) is 1.79. The molecule has 6 heteroatoms. The van der Waals surface area contributed by atoms with Crippen LogP contribution in [0.4, 0.5) is 0 Å². The van der Waals surface area contributed by atoms with Crippen molar-refractivity contribution in [2.75, 3.05) is 13.7 Å². The highest BCUT2D eigenvalue weighted by Gasteiger charge is 2.67. The van der Waals surface area contributed by atoms with Crippen molar-refractivity contribution in [1.29, 1.82) is 0 Å². The monoisotopic (exact) mass is 430 g/mol. The molecule has 0 aromatic heterocycles. The average molecular weight is 431 g/mol. The van der Waals surface area contributed by atoms with Gasteiger partial charge in [0, 0.05) is 18.6 Å². The van der Waals surface area contributed by atoms with Gasteiger partial charge in [-0.15, -0.1) is 0 Å². The predicted octanol–water partition coefficient (Wildman–Crippen LogP) is 4.17. The maximum absolute atomic E-state index is 14.0. The first kappa shape index (κ1) is 21.6. The van der Waals surface area contributed by atoms with Crippen LogP contribution in [0.3, 0.4) is 0 Å². The van der Waals surface area contributed by atoms with E-state index in [0.717, 1.165) is 43.4 Å². The zero-order valence-corrected chi connectivity index (χ0v) is 19.6. The van der Waals surface area contributed by atoms with Crippen LogP contribution < -0.4 is 10.1 Å². The Hall–Kier alpha value is -1.66. The minimum Gasteiger partial charge on any atom is -0.493 e. The van der Waals surface area contributed by atoms with Crippen LogP contribution in [-0.4, -0.2) is 41.8 Å². The van der Waals surface area contributed by atoms with Crippen LogP contribution >= 0.6 is 12.2 Å². The molecule has 2 spiro atoms. The Morgan fingerprint density at radius 1 is 1.23 bits per heavy atom. The fourth-order valence-corrected chi connectivity index (χ4v) is 6.13. The quantitative estimate of drug-likeness (QED) is 0.711. The number of thiocarbonyl (C=S) groups is 1. The molecule has 3 aliphatic rings. The predicted molar refractivity (Wildman–Crippen MR) is 122 cm³/mol. The summed E-state index contributed by atoms with van der Waals surface area (Å²) < 4.78 is 11.7. The number of nitrogens with zero attached hydrogens (tertiary/aromatic N) is 1. The summed E-state index contributed by atoms with van der Waals surface area (Å²) in [6, 6.07) is 6.31. The van der Waals surface area contributed by atoms with E-state index in [9.17, 15) is 4.79 Å². The molecule has 4 rings (SSSR count). The molecule has 0 radical (unpaired) electrons. The number of rotatable bonds is 5. The first-order chi connectivity index (χ1) is 14.2. The molecule has 164 valence electrons. The Balaban J connectivity index is 1.80. The molecule has 1 atom stereocenters. The lowest BCUT2D eigenvalue weighted by Crippen LogP contribution is -2.57. The average Bonchev–Trinajstić information content (AvgIpc) is 3.13. The van der Waals surface area contributed by atoms with Gasteiger partial charge in [0.15, 0.2) is 10.7 Å². The SMILES string of the molecule is CO[C@H]1CC[C@]2(CC1)Cc1ccc(OCC(C)C)cc1C21NC(=S)N(C(C)C)C1=O. The lowest BCUT2D eigenvalue weighted by atomic mass is 9.61. The van der Waals surface area contributed by atoms with Crippen LogP contribution in [0.1, 0.15) is 64.5 Å². The molecule has 0 bridgehead atoms. The topological polar surface area (TPSA) is 50.8 Å². The minimum absolute atomic E-state index is 0.0219. The van der Waals surface area contributed by atoms with Crippen molar-refractivity contribution in [3.8, 4) is 5.75 Å². The van der Waals surface area contributed by atoms with Crippen LogP contribution in [0.15, 0.2) is 18.2 Å². The largest absolute Gasteiger partial charge is 0.493 e. The number of hydrogen-bond donors (Lipinski definition) is 1. The van der Waals surface area contributed by atoms with Gasteiger partial charge >= 0.3 is 0 Å². The van der Waals surface area contributed by atoms with E-state index >= 15 is 0 Å². The van der Waals surface area contributed by atoms with Crippen molar-refractivity contribution in [3.63, 3.8) is 0 Å². The van der Waals surface area contributed by atoms with Gasteiger partial charge < -0.3 is 14.8 Å². The molecule has 1 aliphatic heterocycles. The smallest absolute Gasteiger partial charge is 0.259 e. The Labute approximate surface area is 185 Å². The fraction of sp³-hybridized carbons (Fsp3) is 0.667. The second kappa shape index (κ2) is 7.79.